The molecule has 0 radical (unpaired) electrons. The predicted molar refractivity (Wildman–Crippen MR) is 396 cm³/mol. The molecule has 0 amide bonds. The molecule has 9 rings (SSSR count). The summed E-state index contributed by atoms with van der Waals surface area (Å²) in [5.74, 6) is 4.72. The van der Waals surface area contributed by atoms with Gasteiger partial charge < -0.3 is 42.6 Å². The van der Waals surface area contributed by atoms with Crippen molar-refractivity contribution in [3.05, 3.63) is 0 Å². The largest absolute Gasteiger partial charge is 0.381 e. The average Bonchev–Trinajstić information content (AvgIpc) is 2.56. The van der Waals surface area contributed by atoms with Crippen molar-refractivity contribution in [2.75, 3.05) is 79.3 Å². The maximum absolute atomic E-state index is 5.65. The minimum Gasteiger partial charge on any atom is -0.381 e. The van der Waals surface area contributed by atoms with E-state index in [2.05, 4.69) is 187 Å². The Bertz CT molecular complexity index is 1490. The summed E-state index contributed by atoms with van der Waals surface area (Å²) in [6.07, 6.45) is 35.6. The molecule has 7 saturated heterocycles. The highest BCUT2D eigenvalue weighted by Gasteiger charge is 2.29. The highest BCUT2D eigenvalue weighted by atomic mass is 16.7. The molecule has 9 nitrogen and oxygen atoms in total. The van der Waals surface area contributed by atoms with Crippen molar-refractivity contribution in [3.8, 4) is 0 Å². The number of hydrogen-bond acceptors (Lipinski definition) is 9. The molecule has 2 saturated carbocycles. The normalized spacial score (nSPS) is 23.7. The Morgan fingerprint density at radius 3 is 0.793 bits per heavy atom. The first-order valence-electron chi connectivity index (χ1n) is 38.6. The van der Waals surface area contributed by atoms with Gasteiger partial charge in [0, 0.05) is 58.4 Å². The zero-order chi connectivity index (χ0) is 69.9. The van der Waals surface area contributed by atoms with E-state index in [1.165, 1.54) is 148 Å². The lowest BCUT2D eigenvalue weighted by molar-refractivity contribution is -0.191. The van der Waals surface area contributed by atoms with Gasteiger partial charge >= 0.3 is 0 Å². The summed E-state index contributed by atoms with van der Waals surface area (Å²) < 4.78 is 48.5. The van der Waals surface area contributed by atoms with E-state index in [1.807, 2.05) is 0 Å². The van der Waals surface area contributed by atoms with Crippen LogP contribution >= 0.6 is 0 Å². The Labute approximate surface area is 576 Å². The van der Waals surface area contributed by atoms with Crippen LogP contribution in [-0.2, 0) is 42.6 Å². The van der Waals surface area contributed by atoms with Crippen LogP contribution < -0.4 is 0 Å². The minimum atomic E-state index is 0.0451. The second-order valence-corrected chi connectivity index (χ2v) is 40.7. The second-order valence-electron chi connectivity index (χ2n) is 40.7. The fourth-order valence-corrected chi connectivity index (χ4v) is 13.9. The van der Waals surface area contributed by atoms with Crippen LogP contribution in [0.5, 0.6) is 0 Å². The Morgan fingerprint density at radius 1 is 0.196 bits per heavy atom. The number of rotatable bonds is 9. The molecule has 9 heteroatoms. The SMILES string of the molecule is CC(C)(C)CC1CCC1.CC(C)(C)CC1CCCC1.CC(C)(C)CC1CCCCO1.CC(C)(C)CC1CCCO1.CC(C)(C)CC1CCCOC1.CC(C)(C)CC1CCOCC1.CC(C)(C)CC1COC1.CC(C)(C)CC1OCCCO1.CC(C)(C)CC1OCCO1. The Balaban J connectivity index is 0.000000518. The molecule has 92 heavy (non-hydrogen) atoms. The van der Waals surface area contributed by atoms with Gasteiger partial charge in [0.25, 0.3) is 0 Å². The van der Waals surface area contributed by atoms with Crippen LogP contribution in [0.4, 0.5) is 0 Å². The van der Waals surface area contributed by atoms with Crippen molar-refractivity contribution in [1.29, 1.82) is 0 Å². The van der Waals surface area contributed by atoms with Gasteiger partial charge in [-0.25, -0.2) is 0 Å². The summed E-state index contributed by atoms with van der Waals surface area (Å²) >= 11 is 0. The van der Waals surface area contributed by atoms with Crippen LogP contribution in [0.15, 0.2) is 0 Å². The first kappa shape index (κ1) is 89.7. The fourth-order valence-electron chi connectivity index (χ4n) is 13.9. The lowest BCUT2D eigenvalue weighted by Gasteiger charge is -2.31. The number of hydrogen-bond donors (Lipinski definition) is 0. The molecule has 7 aliphatic heterocycles. The molecule has 0 N–H and O–H groups in total. The van der Waals surface area contributed by atoms with Crippen LogP contribution in [0.3, 0.4) is 0 Å². The van der Waals surface area contributed by atoms with Crippen LogP contribution in [0, 0.1) is 78.3 Å². The van der Waals surface area contributed by atoms with Crippen molar-refractivity contribution in [2.45, 2.75) is 379 Å². The zero-order valence-corrected chi connectivity index (χ0v) is 67.2. The molecule has 0 aromatic carbocycles. The van der Waals surface area contributed by atoms with Crippen LogP contribution in [0.1, 0.15) is 354 Å². The standard InChI is InChI=1S/3C10H20O.C10H20.C9H18O2.C9H18O.C9H18.C8H16O2.C8H16O/c1-10(2,3)8-9-4-6-11-7-5-9;1-10(2,3)7-9-5-4-6-11-8-9;1-10(2,3)8-9-6-4-5-7-11-9;1-10(2,3)8-9-6-4-5-7-9;1-9(2,3)7-8-10-5-4-6-11-8;1-9(2,3)7-8-5-4-6-10-8;1-9(2,3)7-8-5-4-6-8;1-8(2,3)6-7-9-4-5-10-7;1-8(2,3)4-7-5-9-6-7/h3*9H,4-8H2,1-3H3;9H,4-8H2,1-3H3;8H,4-7H2,1-3H3;8H,4-7H2,1-3H3;8H,4-7H2,1-3H3;7H,4-6H2,1-3H3;7H,4-6H2,1-3H3. The zero-order valence-electron chi connectivity index (χ0n) is 67.2. The van der Waals surface area contributed by atoms with Crippen molar-refractivity contribution in [2.24, 2.45) is 78.3 Å². The molecule has 0 spiro atoms. The van der Waals surface area contributed by atoms with Crippen molar-refractivity contribution in [3.63, 3.8) is 0 Å². The van der Waals surface area contributed by atoms with Crippen molar-refractivity contribution in [1.82, 2.24) is 0 Å². The molecular formula is C83H166O9. The maximum Gasteiger partial charge on any atom is 0.158 e. The van der Waals surface area contributed by atoms with E-state index in [-0.39, 0.29) is 12.6 Å². The van der Waals surface area contributed by atoms with Gasteiger partial charge in [-0.15, -0.1) is 0 Å². The lowest BCUT2D eigenvalue weighted by Crippen LogP contribution is -2.31. The van der Waals surface area contributed by atoms with E-state index >= 15 is 0 Å². The van der Waals surface area contributed by atoms with Gasteiger partial charge in [-0.2, -0.15) is 0 Å². The number of ether oxygens (including phenoxy) is 9. The highest BCUT2D eigenvalue weighted by Crippen LogP contribution is 2.38. The summed E-state index contributed by atoms with van der Waals surface area (Å²) in [6.45, 7) is 72.8. The topological polar surface area (TPSA) is 83.1 Å². The van der Waals surface area contributed by atoms with Crippen LogP contribution in [0.25, 0.3) is 0 Å². The molecule has 9 fully saturated rings. The van der Waals surface area contributed by atoms with Gasteiger partial charge in [0.2, 0.25) is 0 Å². The van der Waals surface area contributed by atoms with Crippen LogP contribution in [-0.4, -0.2) is 104 Å². The van der Waals surface area contributed by atoms with Crippen LogP contribution in [0.2, 0.25) is 0 Å². The van der Waals surface area contributed by atoms with Gasteiger partial charge in [0.05, 0.1) is 51.8 Å². The third-order valence-electron chi connectivity index (χ3n) is 17.6. The van der Waals surface area contributed by atoms with E-state index in [9.17, 15) is 0 Å². The summed E-state index contributed by atoms with van der Waals surface area (Å²) in [6, 6.07) is 0. The van der Waals surface area contributed by atoms with Gasteiger partial charge in [-0.3, -0.25) is 0 Å². The molecule has 2 aliphatic carbocycles. The third-order valence-corrected chi connectivity index (χ3v) is 17.6. The van der Waals surface area contributed by atoms with E-state index < -0.39 is 0 Å². The Morgan fingerprint density at radius 2 is 0.489 bits per heavy atom. The molecule has 0 aromatic heterocycles. The van der Waals surface area contributed by atoms with Gasteiger partial charge in [-0.1, -0.05) is 232 Å². The van der Waals surface area contributed by atoms with E-state index in [1.54, 1.807) is 0 Å². The molecule has 552 valence electrons. The molecular weight excluding hydrogens is 1140 g/mol. The predicted octanol–water partition coefficient (Wildman–Crippen LogP) is 24.2. The first-order valence-corrected chi connectivity index (χ1v) is 38.6. The second kappa shape index (κ2) is 44.7. The Kier molecular flexibility index (Phi) is 43.6. The van der Waals surface area contributed by atoms with Gasteiger partial charge in [0.15, 0.2) is 12.6 Å². The maximum atomic E-state index is 5.65. The minimum absolute atomic E-state index is 0.0451. The molecule has 9 aliphatic rings. The molecule has 3 atom stereocenters. The summed E-state index contributed by atoms with van der Waals surface area (Å²) in [7, 11) is 0. The third kappa shape index (κ3) is 58.6. The fraction of sp³-hybridized carbons (Fsp3) is 1.00. The molecule has 7 heterocycles. The van der Waals surface area contributed by atoms with Gasteiger partial charge in [-0.05, 0) is 182 Å². The molecule has 0 aromatic rings. The highest BCUT2D eigenvalue weighted by molar-refractivity contribution is 4.79. The monoisotopic (exact) mass is 1310 g/mol. The molecule has 0 bridgehead atoms. The smallest absolute Gasteiger partial charge is 0.158 e. The van der Waals surface area contributed by atoms with Crippen molar-refractivity contribution >= 4 is 0 Å². The van der Waals surface area contributed by atoms with E-state index in [0.29, 0.717) is 60.9 Å². The summed E-state index contributed by atoms with van der Waals surface area (Å²) in [5.41, 5.74) is 4.11. The van der Waals surface area contributed by atoms with Gasteiger partial charge in [0.1, 0.15) is 0 Å². The van der Waals surface area contributed by atoms with Crippen molar-refractivity contribution < 1.29 is 42.6 Å². The first-order chi connectivity index (χ1) is 42.2. The molecule has 3 unspecified atom stereocenters. The summed E-state index contributed by atoms with van der Waals surface area (Å²) in [4.78, 5) is 0. The summed E-state index contributed by atoms with van der Waals surface area (Å²) in [5, 5.41) is 0. The van der Waals surface area contributed by atoms with E-state index in [4.69, 9.17) is 42.6 Å². The quantitative estimate of drug-likeness (QED) is 0.224. The lowest BCUT2D eigenvalue weighted by atomic mass is 9.74. The average molecular weight is 1310 g/mol. The Hall–Kier alpha value is -0.360. The van der Waals surface area contributed by atoms with E-state index in [0.717, 1.165) is 128 Å².